The van der Waals surface area contributed by atoms with Gasteiger partial charge in [0.1, 0.15) is 19.3 Å². The van der Waals surface area contributed by atoms with E-state index in [1.807, 2.05) is 13.8 Å². The van der Waals surface area contributed by atoms with Crippen LogP contribution in [0.2, 0.25) is 0 Å². The van der Waals surface area contributed by atoms with Gasteiger partial charge in [0.2, 0.25) is 0 Å². The number of esters is 2. The normalized spacial score (nSPS) is 13.2. The summed E-state index contributed by atoms with van der Waals surface area (Å²) >= 11 is 0. The largest absolute Gasteiger partial charge is 0.464 e. The standard InChI is InChI=1S/C22H42O5/c1-5-7-8-9-10-11-12-13-14-15-16-26-21(23)17-25-18-22(24)27-20(4)19(3)6-2/h19-20H,5-18H2,1-4H3. The second kappa shape index (κ2) is 18.3. The van der Waals surface area contributed by atoms with Crippen LogP contribution in [0.5, 0.6) is 0 Å². The maximum absolute atomic E-state index is 11.6. The van der Waals surface area contributed by atoms with Crippen molar-refractivity contribution in [2.75, 3.05) is 19.8 Å². The van der Waals surface area contributed by atoms with Gasteiger partial charge in [-0.25, -0.2) is 9.59 Å². The molecule has 0 spiro atoms. The van der Waals surface area contributed by atoms with Crippen molar-refractivity contribution in [2.24, 2.45) is 5.92 Å². The first kappa shape index (κ1) is 25.9. The van der Waals surface area contributed by atoms with Crippen LogP contribution in [0, 0.1) is 5.92 Å². The Labute approximate surface area is 166 Å². The van der Waals surface area contributed by atoms with E-state index in [-0.39, 0.29) is 19.3 Å². The molecule has 0 rings (SSSR count). The van der Waals surface area contributed by atoms with E-state index in [1.54, 1.807) is 0 Å². The van der Waals surface area contributed by atoms with Crippen molar-refractivity contribution in [1.82, 2.24) is 0 Å². The number of hydrogen-bond acceptors (Lipinski definition) is 5. The molecule has 0 aliphatic rings. The Kier molecular flexibility index (Phi) is 17.5. The predicted molar refractivity (Wildman–Crippen MR) is 109 cm³/mol. The van der Waals surface area contributed by atoms with Crippen LogP contribution in [0.15, 0.2) is 0 Å². The topological polar surface area (TPSA) is 61.8 Å². The molecule has 0 aromatic rings. The number of carbonyl (C=O) groups is 2. The van der Waals surface area contributed by atoms with Crippen LogP contribution < -0.4 is 0 Å². The Morgan fingerprint density at radius 3 is 1.81 bits per heavy atom. The summed E-state index contributed by atoms with van der Waals surface area (Å²) < 4.78 is 15.4. The van der Waals surface area contributed by atoms with Crippen molar-refractivity contribution in [3.8, 4) is 0 Å². The van der Waals surface area contributed by atoms with Crippen LogP contribution in [-0.2, 0) is 23.8 Å². The number of rotatable bonds is 18. The Bertz CT molecular complexity index is 370. The second-order valence-electron chi connectivity index (χ2n) is 7.48. The molecule has 0 N–H and O–H groups in total. The molecule has 160 valence electrons. The van der Waals surface area contributed by atoms with Crippen LogP contribution in [-0.4, -0.2) is 37.9 Å². The van der Waals surface area contributed by atoms with E-state index >= 15 is 0 Å². The fourth-order valence-electron chi connectivity index (χ4n) is 2.72. The van der Waals surface area contributed by atoms with Gasteiger partial charge in [-0.15, -0.1) is 0 Å². The minimum absolute atomic E-state index is 0.144. The predicted octanol–water partition coefficient (Wildman–Crippen LogP) is 5.44. The Morgan fingerprint density at radius 2 is 1.26 bits per heavy atom. The smallest absolute Gasteiger partial charge is 0.332 e. The third-order valence-corrected chi connectivity index (χ3v) is 4.96. The lowest BCUT2D eigenvalue weighted by Gasteiger charge is -2.18. The van der Waals surface area contributed by atoms with Crippen LogP contribution in [0.3, 0.4) is 0 Å². The van der Waals surface area contributed by atoms with Crippen molar-refractivity contribution < 1.29 is 23.8 Å². The van der Waals surface area contributed by atoms with Crippen molar-refractivity contribution in [2.45, 2.75) is 104 Å². The molecule has 0 aliphatic heterocycles. The summed E-state index contributed by atoms with van der Waals surface area (Å²) in [4.78, 5) is 23.2. The van der Waals surface area contributed by atoms with Gasteiger partial charge in [-0.05, 0) is 19.3 Å². The van der Waals surface area contributed by atoms with Crippen molar-refractivity contribution in [1.29, 1.82) is 0 Å². The molecule has 0 aromatic heterocycles. The van der Waals surface area contributed by atoms with E-state index in [2.05, 4.69) is 13.8 Å². The molecular weight excluding hydrogens is 344 g/mol. The quantitative estimate of drug-likeness (QED) is 0.232. The lowest BCUT2D eigenvalue weighted by molar-refractivity contribution is -0.159. The van der Waals surface area contributed by atoms with Crippen LogP contribution >= 0.6 is 0 Å². The molecular formula is C22H42O5. The van der Waals surface area contributed by atoms with Gasteiger partial charge in [0.05, 0.1) is 6.61 Å². The zero-order valence-electron chi connectivity index (χ0n) is 18.1. The number of hydrogen-bond donors (Lipinski definition) is 0. The van der Waals surface area contributed by atoms with Gasteiger partial charge in [-0.2, -0.15) is 0 Å². The second-order valence-corrected chi connectivity index (χ2v) is 7.48. The maximum Gasteiger partial charge on any atom is 0.332 e. The molecule has 0 bridgehead atoms. The molecule has 0 heterocycles. The summed E-state index contributed by atoms with van der Waals surface area (Å²) in [6.07, 6.45) is 13.3. The summed E-state index contributed by atoms with van der Waals surface area (Å²) in [5.41, 5.74) is 0. The lowest BCUT2D eigenvalue weighted by Crippen LogP contribution is -2.25. The van der Waals surface area contributed by atoms with Crippen molar-refractivity contribution >= 4 is 11.9 Å². The minimum Gasteiger partial charge on any atom is -0.464 e. The summed E-state index contributed by atoms with van der Waals surface area (Å²) in [6, 6.07) is 0. The molecule has 0 fully saturated rings. The molecule has 5 nitrogen and oxygen atoms in total. The average molecular weight is 387 g/mol. The Balaban J connectivity index is 3.43. The summed E-state index contributed by atoms with van der Waals surface area (Å²) in [7, 11) is 0. The molecule has 27 heavy (non-hydrogen) atoms. The fraction of sp³-hybridized carbons (Fsp3) is 0.909. The third-order valence-electron chi connectivity index (χ3n) is 4.96. The maximum atomic E-state index is 11.6. The van der Waals surface area contributed by atoms with E-state index in [0.29, 0.717) is 12.5 Å². The van der Waals surface area contributed by atoms with Crippen LogP contribution in [0.25, 0.3) is 0 Å². The highest BCUT2D eigenvalue weighted by molar-refractivity contribution is 5.73. The van der Waals surface area contributed by atoms with E-state index in [0.717, 1.165) is 19.3 Å². The molecule has 2 atom stereocenters. The summed E-state index contributed by atoms with van der Waals surface area (Å²) in [6.45, 7) is 8.20. The average Bonchev–Trinajstić information content (AvgIpc) is 2.65. The van der Waals surface area contributed by atoms with Gasteiger partial charge in [0.15, 0.2) is 0 Å². The van der Waals surface area contributed by atoms with Gasteiger partial charge < -0.3 is 14.2 Å². The molecule has 0 saturated heterocycles. The van der Waals surface area contributed by atoms with Gasteiger partial charge in [0.25, 0.3) is 0 Å². The fourth-order valence-corrected chi connectivity index (χ4v) is 2.72. The van der Waals surface area contributed by atoms with Crippen LogP contribution in [0.4, 0.5) is 0 Å². The molecule has 2 unspecified atom stereocenters. The van der Waals surface area contributed by atoms with E-state index in [1.165, 1.54) is 51.4 Å². The van der Waals surface area contributed by atoms with Crippen LogP contribution in [0.1, 0.15) is 98.3 Å². The molecule has 0 aromatic carbocycles. The van der Waals surface area contributed by atoms with E-state index < -0.39 is 11.9 Å². The van der Waals surface area contributed by atoms with Gasteiger partial charge >= 0.3 is 11.9 Å². The van der Waals surface area contributed by atoms with Crippen molar-refractivity contribution in [3.63, 3.8) is 0 Å². The Hall–Kier alpha value is -1.10. The minimum atomic E-state index is -0.440. The SMILES string of the molecule is CCCCCCCCCCCCOC(=O)COCC(=O)OC(C)C(C)CC. The molecule has 0 radical (unpaired) electrons. The molecule has 0 amide bonds. The van der Waals surface area contributed by atoms with E-state index in [9.17, 15) is 9.59 Å². The van der Waals surface area contributed by atoms with Gasteiger partial charge in [0, 0.05) is 0 Å². The lowest BCUT2D eigenvalue weighted by atomic mass is 10.0. The monoisotopic (exact) mass is 386 g/mol. The third kappa shape index (κ3) is 16.8. The van der Waals surface area contributed by atoms with Gasteiger partial charge in [-0.1, -0.05) is 85.0 Å². The molecule has 5 heteroatoms. The molecule has 0 aliphatic carbocycles. The van der Waals surface area contributed by atoms with E-state index in [4.69, 9.17) is 14.2 Å². The zero-order chi connectivity index (χ0) is 20.3. The summed E-state index contributed by atoms with van der Waals surface area (Å²) in [5, 5.41) is 0. The zero-order valence-corrected chi connectivity index (χ0v) is 18.1. The molecule has 0 saturated carbocycles. The van der Waals surface area contributed by atoms with Crippen molar-refractivity contribution in [3.05, 3.63) is 0 Å². The highest BCUT2D eigenvalue weighted by atomic mass is 16.6. The number of unbranched alkanes of at least 4 members (excludes halogenated alkanes) is 9. The number of carbonyl (C=O) groups excluding carboxylic acids is 2. The highest BCUT2D eigenvalue weighted by Gasteiger charge is 2.15. The number of ether oxygens (including phenoxy) is 3. The Morgan fingerprint density at radius 1 is 0.741 bits per heavy atom. The summed E-state index contributed by atoms with van der Waals surface area (Å²) in [5.74, 6) is -0.557. The first-order valence-electron chi connectivity index (χ1n) is 10.9. The first-order chi connectivity index (χ1) is 13.0. The van der Waals surface area contributed by atoms with Gasteiger partial charge in [-0.3, -0.25) is 0 Å². The first-order valence-corrected chi connectivity index (χ1v) is 10.9. The highest BCUT2D eigenvalue weighted by Crippen LogP contribution is 2.11.